The average molecular weight is 391 g/mol. The number of benzene rings is 2. The average Bonchev–Trinajstić information content (AvgIpc) is 2.97. The van der Waals surface area contributed by atoms with Crippen LogP contribution < -0.4 is 15.4 Å². The third-order valence-corrected chi connectivity index (χ3v) is 5.21. The van der Waals surface area contributed by atoms with Gasteiger partial charge in [-0.2, -0.15) is 0 Å². The van der Waals surface area contributed by atoms with Gasteiger partial charge in [-0.25, -0.2) is 0 Å². The molecule has 1 unspecified atom stereocenters. The lowest BCUT2D eigenvalue weighted by Gasteiger charge is -2.13. The van der Waals surface area contributed by atoms with Crippen molar-refractivity contribution in [3.63, 3.8) is 0 Å². The van der Waals surface area contributed by atoms with E-state index in [-0.39, 0.29) is 22.9 Å². The van der Waals surface area contributed by atoms with Crippen LogP contribution in [0.1, 0.15) is 18.1 Å². The molecule has 1 saturated heterocycles. The summed E-state index contributed by atoms with van der Waals surface area (Å²) in [4.78, 5) is 12.7. The van der Waals surface area contributed by atoms with Crippen LogP contribution in [-0.2, 0) is 11.2 Å². The number of aromatic hydroxyl groups is 1. The highest BCUT2D eigenvalue weighted by atomic mass is 35.5. The van der Waals surface area contributed by atoms with Gasteiger partial charge in [0.15, 0.2) is 17.0 Å². The summed E-state index contributed by atoms with van der Waals surface area (Å²) >= 11 is 7.38. The summed E-state index contributed by atoms with van der Waals surface area (Å²) < 4.78 is 5.09. The largest absolute Gasteiger partial charge is 0.504 e. The quantitative estimate of drug-likeness (QED) is 0.667. The van der Waals surface area contributed by atoms with Gasteiger partial charge in [-0.15, -0.1) is 0 Å². The highest BCUT2D eigenvalue weighted by Crippen LogP contribution is 2.37. The van der Waals surface area contributed by atoms with Crippen LogP contribution in [0, 0.1) is 0 Å². The van der Waals surface area contributed by atoms with E-state index in [1.54, 1.807) is 12.1 Å². The topological polar surface area (TPSA) is 70.6 Å². The molecular weight excluding hydrogens is 372 g/mol. The molecule has 26 heavy (non-hydrogen) atoms. The van der Waals surface area contributed by atoms with E-state index in [9.17, 15) is 9.90 Å². The number of halogens is 1. The van der Waals surface area contributed by atoms with Crippen LogP contribution in [-0.4, -0.2) is 23.6 Å². The normalized spacial score (nSPS) is 18.0. The second kappa shape index (κ2) is 7.93. The number of phenolic OH excluding ortho intramolecular Hbond substituents is 1. The maximum absolute atomic E-state index is 12.2. The van der Waals surface area contributed by atoms with Crippen LogP contribution in [0.4, 0.5) is 5.69 Å². The van der Waals surface area contributed by atoms with Gasteiger partial charge >= 0.3 is 0 Å². The summed E-state index contributed by atoms with van der Waals surface area (Å²) in [5, 5.41) is 16.8. The number of thioether (sulfide) groups is 1. The van der Waals surface area contributed by atoms with Crippen molar-refractivity contribution in [3.8, 4) is 11.5 Å². The van der Waals surface area contributed by atoms with E-state index in [1.807, 2.05) is 12.1 Å². The fraction of sp³-hybridized carbons (Fsp3) is 0.211. The molecule has 7 heteroatoms. The molecule has 1 heterocycles. The van der Waals surface area contributed by atoms with Gasteiger partial charge in [0.05, 0.1) is 12.0 Å². The minimum atomic E-state index is -0.288. The van der Waals surface area contributed by atoms with Crippen LogP contribution in [0.15, 0.2) is 41.3 Å². The summed E-state index contributed by atoms with van der Waals surface area (Å²) in [7, 11) is 1.45. The Hall–Kier alpha value is -2.31. The molecular formula is C19H19ClN2O3S. The summed E-state index contributed by atoms with van der Waals surface area (Å²) in [6.45, 7) is 2.10. The molecule has 136 valence electrons. The molecule has 0 saturated carbocycles. The number of phenols is 1. The molecule has 0 bridgehead atoms. The Labute approximate surface area is 161 Å². The van der Waals surface area contributed by atoms with Crippen molar-refractivity contribution in [2.75, 3.05) is 12.4 Å². The summed E-state index contributed by atoms with van der Waals surface area (Å²) in [5.74, 6) is -0.00108. The summed E-state index contributed by atoms with van der Waals surface area (Å²) in [5.41, 5.74) is 2.32. The molecule has 1 fully saturated rings. The maximum atomic E-state index is 12.2. The number of carbonyl (C=O) groups excluding carboxylic acids is 1. The number of nitrogens with one attached hydrogen (secondary N) is 2. The van der Waals surface area contributed by atoms with Gasteiger partial charge in [-0.3, -0.25) is 4.79 Å². The van der Waals surface area contributed by atoms with E-state index in [1.165, 1.54) is 30.5 Å². The monoisotopic (exact) mass is 390 g/mol. The van der Waals surface area contributed by atoms with Crippen LogP contribution >= 0.6 is 23.4 Å². The Bertz CT molecular complexity index is 853. The molecule has 1 amide bonds. The van der Waals surface area contributed by atoms with E-state index in [0.29, 0.717) is 15.5 Å². The lowest BCUT2D eigenvalue weighted by molar-refractivity contribution is -0.116. The van der Waals surface area contributed by atoms with E-state index < -0.39 is 0 Å². The van der Waals surface area contributed by atoms with Gasteiger partial charge in [0.1, 0.15) is 0 Å². The SMILES string of the molecule is CCc1ccc(NC2NC(=O)/C(=C/c3cc(Cl)cc(OC)c3O)S2)cc1. The molecule has 1 atom stereocenters. The molecule has 0 spiro atoms. The molecule has 2 aromatic carbocycles. The summed E-state index contributed by atoms with van der Waals surface area (Å²) in [6.07, 6.45) is 2.58. The molecule has 1 aliphatic heterocycles. The first-order valence-corrected chi connectivity index (χ1v) is 9.37. The van der Waals surface area contributed by atoms with Crippen LogP contribution in [0.5, 0.6) is 11.5 Å². The van der Waals surface area contributed by atoms with Crippen molar-refractivity contribution in [1.82, 2.24) is 5.32 Å². The molecule has 0 radical (unpaired) electrons. The van der Waals surface area contributed by atoms with Crippen LogP contribution in [0.3, 0.4) is 0 Å². The lowest BCUT2D eigenvalue weighted by Crippen LogP contribution is -2.30. The Balaban J connectivity index is 1.77. The van der Waals surface area contributed by atoms with Crippen LogP contribution in [0.25, 0.3) is 6.08 Å². The number of methoxy groups -OCH3 is 1. The third kappa shape index (κ3) is 4.08. The van der Waals surface area contributed by atoms with Gasteiger partial charge in [0, 0.05) is 22.3 Å². The summed E-state index contributed by atoms with van der Waals surface area (Å²) in [6, 6.07) is 11.2. The number of carbonyl (C=O) groups is 1. The molecule has 3 N–H and O–H groups in total. The number of hydrogen-bond acceptors (Lipinski definition) is 5. The minimum absolute atomic E-state index is 0.0515. The minimum Gasteiger partial charge on any atom is -0.504 e. The predicted molar refractivity (Wildman–Crippen MR) is 107 cm³/mol. The molecule has 5 nitrogen and oxygen atoms in total. The van der Waals surface area contributed by atoms with Crippen molar-refractivity contribution in [2.45, 2.75) is 18.8 Å². The smallest absolute Gasteiger partial charge is 0.260 e. The number of hydrogen-bond donors (Lipinski definition) is 3. The van der Waals surface area contributed by atoms with E-state index in [2.05, 4.69) is 29.7 Å². The molecule has 3 rings (SSSR count). The number of ether oxygens (including phenoxy) is 1. The van der Waals surface area contributed by atoms with E-state index in [4.69, 9.17) is 16.3 Å². The molecule has 0 aliphatic carbocycles. The van der Waals surface area contributed by atoms with Crippen LogP contribution in [0.2, 0.25) is 5.02 Å². The zero-order chi connectivity index (χ0) is 18.7. The number of amides is 1. The van der Waals surface area contributed by atoms with Gasteiger partial charge in [-0.05, 0) is 36.3 Å². The Morgan fingerprint density at radius 3 is 2.73 bits per heavy atom. The highest BCUT2D eigenvalue weighted by Gasteiger charge is 2.27. The molecule has 1 aliphatic rings. The van der Waals surface area contributed by atoms with Crippen molar-refractivity contribution in [1.29, 1.82) is 0 Å². The predicted octanol–water partition coefficient (Wildman–Crippen LogP) is 4.22. The fourth-order valence-corrected chi connectivity index (χ4v) is 3.75. The first kappa shape index (κ1) is 18.5. The number of anilines is 1. The Morgan fingerprint density at radius 2 is 2.08 bits per heavy atom. The Morgan fingerprint density at radius 1 is 1.35 bits per heavy atom. The number of rotatable bonds is 5. The van der Waals surface area contributed by atoms with E-state index in [0.717, 1.165) is 12.1 Å². The molecule has 0 aromatic heterocycles. The fourth-order valence-electron chi connectivity index (χ4n) is 2.55. The first-order chi connectivity index (χ1) is 12.5. The highest BCUT2D eigenvalue weighted by molar-refractivity contribution is 8.05. The van der Waals surface area contributed by atoms with E-state index >= 15 is 0 Å². The zero-order valence-corrected chi connectivity index (χ0v) is 15.9. The van der Waals surface area contributed by atoms with Crippen molar-refractivity contribution in [3.05, 3.63) is 57.5 Å². The zero-order valence-electron chi connectivity index (χ0n) is 14.4. The van der Waals surface area contributed by atoms with Gasteiger partial charge in [-0.1, -0.05) is 42.4 Å². The second-order valence-electron chi connectivity index (χ2n) is 5.72. The van der Waals surface area contributed by atoms with Crippen molar-refractivity contribution >= 4 is 41.0 Å². The van der Waals surface area contributed by atoms with Gasteiger partial charge in [0.2, 0.25) is 0 Å². The third-order valence-electron chi connectivity index (χ3n) is 3.97. The number of aryl methyl sites for hydroxylation is 1. The van der Waals surface area contributed by atoms with Crippen molar-refractivity contribution < 1.29 is 14.6 Å². The van der Waals surface area contributed by atoms with Gasteiger partial charge < -0.3 is 20.5 Å². The second-order valence-corrected chi connectivity index (χ2v) is 7.30. The lowest BCUT2D eigenvalue weighted by atomic mass is 10.1. The molecule has 2 aromatic rings. The Kier molecular flexibility index (Phi) is 5.64. The van der Waals surface area contributed by atoms with Crippen molar-refractivity contribution in [2.24, 2.45) is 0 Å². The maximum Gasteiger partial charge on any atom is 0.260 e. The van der Waals surface area contributed by atoms with Gasteiger partial charge in [0.25, 0.3) is 5.91 Å². The standard InChI is InChI=1S/C19H19ClN2O3S/c1-3-11-4-6-14(7-5-11)21-19-22-18(24)16(26-19)9-12-8-13(20)10-15(25-2)17(12)23/h4-10,19,21,23H,3H2,1-2H3,(H,22,24)/b16-9-. The first-order valence-electron chi connectivity index (χ1n) is 8.11.